The van der Waals surface area contributed by atoms with Crippen LogP contribution in [-0.2, 0) is 25.9 Å². The summed E-state index contributed by atoms with van der Waals surface area (Å²) < 4.78 is 1.67. The lowest BCUT2D eigenvalue weighted by Crippen LogP contribution is -2.49. The number of nitrogens with one attached hydrogen (secondary N) is 1. The second kappa shape index (κ2) is 5.81. The predicted molar refractivity (Wildman–Crippen MR) is 95.4 cm³/mol. The van der Waals surface area contributed by atoms with Crippen molar-refractivity contribution in [3.8, 4) is 0 Å². The number of rotatable bonds is 4. The number of aromatic amines is 1. The van der Waals surface area contributed by atoms with E-state index in [1.54, 1.807) is 10.7 Å². The van der Waals surface area contributed by atoms with Crippen molar-refractivity contribution < 1.29 is 0 Å². The van der Waals surface area contributed by atoms with Crippen molar-refractivity contribution >= 4 is 11.0 Å². The first-order valence-electron chi connectivity index (χ1n) is 9.00. The molecule has 5 rings (SSSR count). The summed E-state index contributed by atoms with van der Waals surface area (Å²) in [7, 11) is 0. The summed E-state index contributed by atoms with van der Waals surface area (Å²) in [5, 5.41) is 4.58. The fourth-order valence-electron chi connectivity index (χ4n) is 4.03. The van der Waals surface area contributed by atoms with E-state index in [2.05, 4.69) is 26.0 Å². The van der Waals surface area contributed by atoms with Crippen molar-refractivity contribution in [2.75, 3.05) is 13.1 Å². The lowest BCUT2D eigenvalue weighted by Gasteiger charge is -2.38. The molecule has 2 aliphatic rings. The van der Waals surface area contributed by atoms with Gasteiger partial charge in [0.05, 0.1) is 29.8 Å². The molecule has 1 aliphatic heterocycles. The van der Waals surface area contributed by atoms with E-state index in [1.165, 1.54) is 0 Å². The van der Waals surface area contributed by atoms with E-state index < -0.39 is 0 Å². The first-order chi connectivity index (χ1) is 12.2. The summed E-state index contributed by atoms with van der Waals surface area (Å²) in [4.78, 5) is 22.6. The Hall–Kier alpha value is -2.47. The fourth-order valence-corrected chi connectivity index (χ4v) is 4.03. The number of likely N-dealkylation sites (tertiary alicyclic amines) is 1. The average Bonchev–Trinajstić information content (AvgIpc) is 3.18. The van der Waals surface area contributed by atoms with Crippen molar-refractivity contribution in [3.05, 3.63) is 57.8 Å². The molecule has 1 saturated heterocycles. The Balaban J connectivity index is 1.21. The third kappa shape index (κ3) is 2.76. The number of H-pyrrole nitrogens is 1. The van der Waals surface area contributed by atoms with E-state index in [-0.39, 0.29) is 5.56 Å². The monoisotopic (exact) mass is 335 g/mol. The topological polar surface area (TPSA) is 66.8 Å². The summed E-state index contributed by atoms with van der Waals surface area (Å²) in [6.07, 6.45) is 3.14. The van der Waals surface area contributed by atoms with Gasteiger partial charge in [-0.05, 0) is 37.0 Å². The Labute approximate surface area is 145 Å². The highest BCUT2D eigenvalue weighted by Gasteiger charge is 2.28. The Morgan fingerprint density at radius 3 is 2.96 bits per heavy atom. The molecule has 1 fully saturated rings. The van der Waals surface area contributed by atoms with Crippen molar-refractivity contribution in [2.24, 2.45) is 5.92 Å². The zero-order valence-corrected chi connectivity index (χ0v) is 14.1. The second-order valence-corrected chi connectivity index (χ2v) is 7.25. The Bertz CT molecular complexity index is 950. The van der Waals surface area contributed by atoms with E-state index in [0.717, 1.165) is 73.6 Å². The highest BCUT2D eigenvalue weighted by Crippen LogP contribution is 2.21. The molecule has 0 saturated carbocycles. The van der Waals surface area contributed by atoms with Crippen LogP contribution in [0, 0.1) is 5.92 Å². The number of imidazole rings is 1. The summed E-state index contributed by atoms with van der Waals surface area (Å²) >= 11 is 0. The van der Waals surface area contributed by atoms with E-state index >= 15 is 0 Å². The molecule has 1 N–H and O–H groups in total. The van der Waals surface area contributed by atoms with Gasteiger partial charge in [0, 0.05) is 25.1 Å². The highest BCUT2D eigenvalue weighted by molar-refractivity contribution is 5.74. The molecule has 3 aromatic rings. The molecule has 0 amide bonds. The molecule has 1 aromatic carbocycles. The highest BCUT2D eigenvalue weighted by atomic mass is 16.1. The van der Waals surface area contributed by atoms with Crippen molar-refractivity contribution in [3.63, 3.8) is 0 Å². The molecule has 1 aliphatic carbocycles. The molecule has 2 aromatic heterocycles. The number of fused-ring (bicyclic) bond motifs is 2. The van der Waals surface area contributed by atoms with Crippen LogP contribution in [0.4, 0.5) is 0 Å². The zero-order valence-electron chi connectivity index (χ0n) is 14.1. The van der Waals surface area contributed by atoms with Crippen molar-refractivity contribution in [2.45, 2.75) is 32.4 Å². The minimum atomic E-state index is 0.0522. The Kier molecular flexibility index (Phi) is 3.45. The van der Waals surface area contributed by atoms with E-state index in [9.17, 15) is 4.79 Å². The van der Waals surface area contributed by atoms with Crippen LogP contribution in [0.3, 0.4) is 0 Å². The van der Waals surface area contributed by atoms with Crippen LogP contribution in [0.25, 0.3) is 11.0 Å². The number of aromatic nitrogens is 4. The number of hydrogen-bond donors (Lipinski definition) is 1. The van der Waals surface area contributed by atoms with Gasteiger partial charge in [-0.3, -0.25) is 9.69 Å². The number of aryl methyl sites for hydroxylation is 2. The van der Waals surface area contributed by atoms with Crippen LogP contribution in [0.15, 0.2) is 35.1 Å². The second-order valence-electron chi connectivity index (χ2n) is 7.25. The minimum absolute atomic E-state index is 0.0522. The van der Waals surface area contributed by atoms with Crippen LogP contribution in [0.1, 0.15) is 23.5 Å². The minimum Gasteiger partial charge on any atom is -0.341 e. The Morgan fingerprint density at radius 2 is 2.08 bits per heavy atom. The maximum absolute atomic E-state index is 12.2. The third-order valence-corrected chi connectivity index (χ3v) is 5.30. The van der Waals surface area contributed by atoms with Gasteiger partial charge in [0.1, 0.15) is 5.82 Å². The molecule has 0 spiro atoms. The molecule has 128 valence electrons. The van der Waals surface area contributed by atoms with Crippen LogP contribution in [0.2, 0.25) is 0 Å². The van der Waals surface area contributed by atoms with E-state index in [0.29, 0.717) is 5.92 Å². The molecule has 0 radical (unpaired) electrons. The summed E-state index contributed by atoms with van der Waals surface area (Å²) in [6, 6.07) is 9.90. The third-order valence-electron chi connectivity index (χ3n) is 5.30. The molecular formula is C19H21N5O. The lowest BCUT2D eigenvalue weighted by molar-refractivity contribution is 0.0742. The molecule has 6 nitrogen and oxygen atoms in total. The van der Waals surface area contributed by atoms with Gasteiger partial charge in [0.15, 0.2) is 0 Å². The first kappa shape index (κ1) is 14.8. The molecule has 0 unspecified atom stereocenters. The van der Waals surface area contributed by atoms with Crippen LogP contribution >= 0.6 is 0 Å². The van der Waals surface area contributed by atoms with Gasteiger partial charge in [0.2, 0.25) is 0 Å². The maximum Gasteiger partial charge on any atom is 0.267 e. The maximum atomic E-state index is 12.2. The van der Waals surface area contributed by atoms with Crippen LogP contribution in [-0.4, -0.2) is 37.7 Å². The van der Waals surface area contributed by atoms with Gasteiger partial charge >= 0.3 is 0 Å². The molecule has 3 heterocycles. The Morgan fingerprint density at radius 1 is 1.20 bits per heavy atom. The summed E-state index contributed by atoms with van der Waals surface area (Å²) in [6.45, 7) is 3.53. The largest absolute Gasteiger partial charge is 0.341 e. The molecular weight excluding hydrogens is 314 g/mol. The van der Waals surface area contributed by atoms with Gasteiger partial charge in [-0.2, -0.15) is 5.10 Å². The van der Waals surface area contributed by atoms with Gasteiger partial charge in [-0.25, -0.2) is 9.67 Å². The van der Waals surface area contributed by atoms with Gasteiger partial charge < -0.3 is 4.98 Å². The quantitative estimate of drug-likeness (QED) is 0.789. The molecule has 6 heteroatoms. The van der Waals surface area contributed by atoms with E-state index in [1.807, 2.05) is 18.2 Å². The van der Waals surface area contributed by atoms with Crippen molar-refractivity contribution in [1.82, 2.24) is 24.6 Å². The standard InChI is InChI=1S/C19H21N5O/c25-19-8-14-4-3-7-15(14)22-24(19)11-13-9-23(10-13)12-18-20-16-5-1-2-6-17(16)21-18/h1-2,5-6,8,13H,3-4,7,9-12H2,(H,20,21). The van der Waals surface area contributed by atoms with Gasteiger partial charge in [-0.15, -0.1) is 0 Å². The van der Waals surface area contributed by atoms with Gasteiger partial charge in [0.25, 0.3) is 5.56 Å². The smallest absolute Gasteiger partial charge is 0.267 e. The fraction of sp³-hybridized carbons (Fsp3) is 0.421. The number of hydrogen-bond acceptors (Lipinski definition) is 4. The first-order valence-corrected chi connectivity index (χ1v) is 9.00. The molecule has 25 heavy (non-hydrogen) atoms. The zero-order chi connectivity index (χ0) is 16.8. The number of benzene rings is 1. The predicted octanol–water partition coefficient (Wildman–Crippen LogP) is 1.74. The molecule has 0 bridgehead atoms. The number of nitrogens with zero attached hydrogens (tertiary/aromatic N) is 4. The normalized spacial score (nSPS) is 17.8. The average molecular weight is 335 g/mol. The number of para-hydroxylation sites is 2. The van der Waals surface area contributed by atoms with Crippen LogP contribution < -0.4 is 5.56 Å². The van der Waals surface area contributed by atoms with Crippen LogP contribution in [0.5, 0.6) is 0 Å². The summed E-state index contributed by atoms with van der Waals surface area (Å²) in [5.41, 5.74) is 4.43. The van der Waals surface area contributed by atoms with E-state index in [4.69, 9.17) is 0 Å². The lowest BCUT2D eigenvalue weighted by atomic mass is 10.0. The van der Waals surface area contributed by atoms with Crippen molar-refractivity contribution in [1.29, 1.82) is 0 Å². The van der Waals surface area contributed by atoms with Gasteiger partial charge in [-0.1, -0.05) is 12.1 Å². The summed E-state index contributed by atoms with van der Waals surface area (Å²) in [5.74, 6) is 1.50. The SMILES string of the molecule is O=c1cc2c(nn1CC1CN(Cc3nc4ccccc4[nH]3)C1)CCC2. The molecule has 0 atom stereocenters.